The molecule has 2 heterocycles. The van der Waals surface area contributed by atoms with Gasteiger partial charge in [-0.15, -0.1) is 0 Å². The van der Waals surface area contributed by atoms with E-state index in [4.69, 9.17) is 4.52 Å². The molecule has 0 saturated heterocycles. The van der Waals surface area contributed by atoms with Gasteiger partial charge in [0.1, 0.15) is 6.04 Å². The number of pyridine rings is 1. The average Bonchev–Trinajstić information content (AvgIpc) is 3.35. The highest BCUT2D eigenvalue weighted by Crippen LogP contribution is 2.28. The van der Waals surface area contributed by atoms with E-state index < -0.39 is 16.1 Å². The molecule has 1 aromatic carbocycles. The van der Waals surface area contributed by atoms with Crippen molar-refractivity contribution in [3.8, 4) is 11.4 Å². The summed E-state index contributed by atoms with van der Waals surface area (Å²) in [7, 11) is -3.72. The third-order valence-corrected chi connectivity index (χ3v) is 6.40. The lowest BCUT2D eigenvalue weighted by atomic mass is 10.1. The summed E-state index contributed by atoms with van der Waals surface area (Å²) in [6.07, 6.45) is 6.29. The number of nitrogens with one attached hydrogen (secondary N) is 1. The molecule has 1 unspecified atom stereocenters. The summed E-state index contributed by atoms with van der Waals surface area (Å²) in [5.41, 5.74) is 3.06. The molecule has 2 aromatic heterocycles. The van der Waals surface area contributed by atoms with E-state index in [1.165, 1.54) is 5.56 Å². The van der Waals surface area contributed by atoms with E-state index >= 15 is 0 Å². The largest absolute Gasteiger partial charge is 0.337 e. The summed E-state index contributed by atoms with van der Waals surface area (Å²) in [5.74, 6) is 0.537. The molecule has 3 aromatic rings. The summed E-state index contributed by atoms with van der Waals surface area (Å²) >= 11 is 0. The van der Waals surface area contributed by atoms with Crippen molar-refractivity contribution in [1.82, 2.24) is 19.8 Å². The average molecular weight is 398 g/mol. The maximum atomic E-state index is 13.0. The molecule has 146 valence electrons. The van der Waals surface area contributed by atoms with Crippen molar-refractivity contribution in [2.45, 2.75) is 44.0 Å². The van der Waals surface area contributed by atoms with Crippen LogP contribution in [0.3, 0.4) is 0 Å². The highest BCUT2D eigenvalue weighted by molar-refractivity contribution is 7.89. The van der Waals surface area contributed by atoms with Crippen molar-refractivity contribution < 1.29 is 12.9 Å². The van der Waals surface area contributed by atoms with Crippen LogP contribution in [0.2, 0.25) is 0 Å². The topological polar surface area (TPSA) is 98.0 Å². The van der Waals surface area contributed by atoms with Gasteiger partial charge < -0.3 is 4.52 Å². The van der Waals surface area contributed by atoms with Crippen molar-refractivity contribution in [2.24, 2.45) is 5.92 Å². The molecule has 4 rings (SSSR count). The highest BCUT2D eigenvalue weighted by atomic mass is 32.2. The Kier molecular flexibility index (Phi) is 4.99. The van der Waals surface area contributed by atoms with Crippen LogP contribution in [0.1, 0.15) is 43.3 Å². The second kappa shape index (κ2) is 7.44. The van der Waals surface area contributed by atoms with Crippen molar-refractivity contribution >= 4 is 10.0 Å². The third kappa shape index (κ3) is 3.70. The number of sulfonamides is 1. The first kappa shape index (κ1) is 18.8. The summed E-state index contributed by atoms with van der Waals surface area (Å²) in [6.45, 7) is 3.81. The number of rotatable bonds is 6. The Morgan fingerprint density at radius 1 is 1.14 bits per heavy atom. The summed E-state index contributed by atoms with van der Waals surface area (Å²) in [5, 5.41) is 3.98. The zero-order chi connectivity index (χ0) is 19.7. The van der Waals surface area contributed by atoms with Gasteiger partial charge in [0, 0.05) is 18.0 Å². The predicted molar refractivity (Wildman–Crippen MR) is 104 cm³/mol. The molecule has 8 heteroatoms. The van der Waals surface area contributed by atoms with Crippen molar-refractivity contribution in [3.63, 3.8) is 0 Å². The number of benzene rings is 1. The number of hydrogen-bond donors (Lipinski definition) is 1. The minimum Gasteiger partial charge on any atom is -0.337 e. The second-order valence-electron chi connectivity index (χ2n) is 7.32. The van der Waals surface area contributed by atoms with Crippen LogP contribution in [0, 0.1) is 5.92 Å². The minimum absolute atomic E-state index is 0.0774. The number of aryl methyl sites for hydroxylation is 2. The molecule has 0 amide bonds. The van der Waals surface area contributed by atoms with Gasteiger partial charge in [0.05, 0.1) is 4.90 Å². The van der Waals surface area contributed by atoms with Gasteiger partial charge in [-0.05, 0) is 60.6 Å². The maximum absolute atomic E-state index is 13.0. The Balaban J connectivity index is 1.61. The standard InChI is InChI=1S/C20H22N4O3S/c1-13(2)18(20-22-19(23-27-20)16-7-4-10-21-12-16)24-28(25,26)17-9-8-14-5-3-6-15(14)11-17/h4,7-13,18,24H,3,5-6H2,1-2H3. The fourth-order valence-corrected chi connectivity index (χ4v) is 4.78. The van der Waals surface area contributed by atoms with Crippen LogP contribution < -0.4 is 4.72 Å². The lowest BCUT2D eigenvalue weighted by Crippen LogP contribution is -2.32. The maximum Gasteiger partial charge on any atom is 0.245 e. The molecule has 1 N–H and O–H groups in total. The first-order valence-corrected chi connectivity index (χ1v) is 10.8. The molecular formula is C20H22N4O3S. The predicted octanol–water partition coefficient (Wildman–Crippen LogP) is 3.30. The lowest BCUT2D eigenvalue weighted by molar-refractivity contribution is 0.311. The molecule has 7 nitrogen and oxygen atoms in total. The van der Waals surface area contributed by atoms with Gasteiger partial charge in [0.15, 0.2) is 0 Å². The van der Waals surface area contributed by atoms with Crippen LogP contribution in [-0.2, 0) is 22.9 Å². The van der Waals surface area contributed by atoms with E-state index in [0.717, 1.165) is 24.8 Å². The highest BCUT2D eigenvalue weighted by Gasteiger charge is 2.29. The fraction of sp³-hybridized carbons (Fsp3) is 0.350. The number of fused-ring (bicyclic) bond motifs is 1. The molecule has 0 bridgehead atoms. The molecule has 0 radical (unpaired) electrons. The zero-order valence-electron chi connectivity index (χ0n) is 15.8. The molecule has 28 heavy (non-hydrogen) atoms. The van der Waals surface area contributed by atoms with E-state index in [1.54, 1.807) is 30.6 Å². The Hall–Kier alpha value is -2.58. The zero-order valence-corrected chi connectivity index (χ0v) is 16.6. The first-order valence-electron chi connectivity index (χ1n) is 9.32. The van der Waals surface area contributed by atoms with E-state index in [1.807, 2.05) is 26.0 Å². The van der Waals surface area contributed by atoms with Gasteiger partial charge in [0.2, 0.25) is 21.7 Å². The first-order chi connectivity index (χ1) is 13.4. The molecule has 0 saturated carbocycles. The number of aromatic nitrogens is 3. The Labute approximate surface area is 164 Å². The molecule has 0 spiro atoms. The van der Waals surface area contributed by atoms with E-state index in [-0.39, 0.29) is 16.7 Å². The van der Waals surface area contributed by atoms with E-state index in [9.17, 15) is 8.42 Å². The Bertz CT molecular complexity index is 1080. The molecule has 1 atom stereocenters. The monoisotopic (exact) mass is 398 g/mol. The summed E-state index contributed by atoms with van der Waals surface area (Å²) in [6, 6.07) is 8.32. The van der Waals surface area contributed by atoms with E-state index in [0.29, 0.717) is 11.4 Å². The van der Waals surface area contributed by atoms with Gasteiger partial charge in [0.25, 0.3) is 0 Å². The van der Waals surface area contributed by atoms with Crippen molar-refractivity contribution in [3.05, 3.63) is 59.7 Å². The van der Waals surface area contributed by atoms with Crippen molar-refractivity contribution in [1.29, 1.82) is 0 Å². The fourth-order valence-electron chi connectivity index (χ4n) is 3.40. The molecule has 0 fully saturated rings. The van der Waals surface area contributed by atoms with Crippen LogP contribution in [0.5, 0.6) is 0 Å². The smallest absolute Gasteiger partial charge is 0.245 e. The summed E-state index contributed by atoms with van der Waals surface area (Å²) < 4.78 is 34.1. The van der Waals surface area contributed by atoms with Crippen LogP contribution in [0.15, 0.2) is 52.1 Å². The van der Waals surface area contributed by atoms with Gasteiger partial charge in [-0.25, -0.2) is 8.42 Å². The van der Waals surface area contributed by atoms with E-state index in [2.05, 4.69) is 19.8 Å². The third-order valence-electron chi connectivity index (χ3n) is 4.96. The second-order valence-corrected chi connectivity index (χ2v) is 9.04. The van der Waals surface area contributed by atoms with Gasteiger partial charge in [-0.1, -0.05) is 25.1 Å². The molecule has 1 aliphatic rings. The number of hydrogen-bond acceptors (Lipinski definition) is 6. The van der Waals surface area contributed by atoms with Gasteiger partial charge in [-0.2, -0.15) is 9.71 Å². The molecular weight excluding hydrogens is 376 g/mol. The van der Waals surface area contributed by atoms with Gasteiger partial charge in [-0.3, -0.25) is 4.98 Å². The Morgan fingerprint density at radius 3 is 2.71 bits per heavy atom. The lowest BCUT2D eigenvalue weighted by Gasteiger charge is -2.19. The molecule has 0 aliphatic heterocycles. The minimum atomic E-state index is -3.72. The van der Waals surface area contributed by atoms with Crippen LogP contribution >= 0.6 is 0 Å². The van der Waals surface area contributed by atoms with Crippen LogP contribution in [-0.4, -0.2) is 23.5 Å². The van der Waals surface area contributed by atoms with Crippen LogP contribution in [0.4, 0.5) is 0 Å². The Morgan fingerprint density at radius 2 is 1.96 bits per heavy atom. The number of nitrogens with zero attached hydrogens (tertiary/aromatic N) is 3. The summed E-state index contributed by atoms with van der Waals surface area (Å²) in [4.78, 5) is 8.71. The SMILES string of the molecule is CC(C)C(NS(=O)(=O)c1ccc2c(c1)CCC2)c1nc(-c2cccnc2)no1. The van der Waals surface area contributed by atoms with Crippen molar-refractivity contribution in [2.75, 3.05) is 0 Å². The van der Waals surface area contributed by atoms with Crippen LogP contribution in [0.25, 0.3) is 11.4 Å². The van der Waals surface area contributed by atoms with Gasteiger partial charge >= 0.3 is 0 Å². The quantitative estimate of drug-likeness (QED) is 0.684. The molecule has 1 aliphatic carbocycles. The normalized spacial score (nSPS) is 15.0.